The molecular weight excluding hydrogens is 504 g/mol. The molecule has 0 saturated carbocycles. The van der Waals surface area contributed by atoms with Crippen LogP contribution in [-0.4, -0.2) is 69.4 Å². The molecule has 12 heteroatoms. The third-order valence-corrected chi connectivity index (χ3v) is 8.24. The van der Waals surface area contributed by atoms with E-state index in [0.717, 1.165) is 38.7 Å². The summed E-state index contributed by atoms with van der Waals surface area (Å²) in [5.74, 6) is 0. The molecular formula is C23H26N6O3S3. The van der Waals surface area contributed by atoms with E-state index in [9.17, 15) is 8.42 Å². The average molecular weight is 531 g/mol. The smallest absolute Gasteiger partial charge is 0.242 e. The van der Waals surface area contributed by atoms with Gasteiger partial charge in [-0.2, -0.15) is 5.10 Å². The van der Waals surface area contributed by atoms with Crippen LogP contribution in [-0.2, 0) is 14.8 Å². The molecule has 3 aromatic rings. The number of anilines is 2. The van der Waals surface area contributed by atoms with E-state index in [0.29, 0.717) is 18.9 Å². The lowest BCUT2D eigenvalue weighted by Gasteiger charge is -2.26. The molecule has 0 radical (unpaired) electrons. The van der Waals surface area contributed by atoms with E-state index >= 15 is 0 Å². The van der Waals surface area contributed by atoms with E-state index in [1.807, 2.05) is 30.3 Å². The number of thiocarbonyl (C=S) groups is 1. The largest absolute Gasteiger partial charge is 0.378 e. The second kappa shape index (κ2) is 11.2. The molecule has 0 unspecified atom stereocenters. The van der Waals surface area contributed by atoms with Gasteiger partial charge in [0.15, 0.2) is 10.2 Å². The average Bonchev–Trinajstić information content (AvgIpc) is 3.29. The van der Waals surface area contributed by atoms with Crippen molar-refractivity contribution in [2.24, 2.45) is 5.10 Å². The number of morpholine rings is 1. The molecule has 2 N–H and O–H groups in total. The zero-order valence-electron chi connectivity index (χ0n) is 19.3. The molecule has 184 valence electrons. The molecule has 0 amide bonds. The standard InChI is InChI=1S/C23H26N6O3S3/c1-28(2)35(30,31)19-10-6-9-18(15-19)25-22(33)27-24-16-20-21(17-7-4-3-5-8-17)26-23(34-20)29-11-13-32-14-12-29/h3-10,15-16H,11-14H2,1-2H3,(H2,25,27,33)/b24-16+. The summed E-state index contributed by atoms with van der Waals surface area (Å²) in [5.41, 5.74) is 5.20. The van der Waals surface area contributed by atoms with Crippen LogP contribution in [0.1, 0.15) is 4.88 Å². The van der Waals surface area contributed by atoms with E-state index in [1.54, 1.807) is 29.7 Å². The highest BCUT2D eigenvalue weighted by Crippen LogP contribution is 2.32. The van der Waals surface area contributed by atoms with Gasteiger partial charge >= 0.3 is 0 Å². The van der Waals surface area contributed by atoms with Crippen LogP contribution in [0.25, 0.3) is 11.3 Å². The quantitative estimate of drug-likeness (QED) is 0.273. The summed E-state index contributed by atoms with van der Waals surface area (Å²) >= 11 is 6.90. The summed E-state index contributed by atoms with van der Waals surface area (Å²) in [6.45, 7) is 2.96. The minimum Gasteiger partial charge on any atom is -0.378 e. The number of thiazole rings is 1. The first-order valence-corrected chi connectivity index (χ1v) is 13.5. The highest BCUT2D eigenvalue weighted by molar-refractivity contribution is 7.89. The lowest BCUT2D eigenvalue weighted by Crippen LogP contribution is -2.36. The second-order valence-corrected chi connectivity index (χ2v) is 11.4. The summed E-state index contributed by atoms with van der Waals surface area (Å²) in [5, 5.41) is 8.44. The molecule has 1 aliphatic rings. The normalized spacial score (nSPS) is 14.4. The number of hydrogen-bond acceptors (Lipinski definition) is 8. The van der Waals surface area contributed by atoms with Crippen molar-refractivity contribution in [3.8, 4) is 11.3 Å². The van der Waals surface area contributed by atoms with Crippen LogP contribution in [0.15, 0.2) is 64.6 Å². The monoisotopic (exact) mass is 530 g/mol. The Morgan fingerprint density at radius 1 is 1.17 bits per heavy atom. The van der Waals surface area contributed by atoms with Crippen LogP contribution in [0.2, 0.25) is 0 Å². The zero-order chi connectivity index (χ0) is 24.8. The van der Waals surface area contributed by atoms with Gasteiger partial charge in [-0.3, -0.25) is 5.43 Å². The van der Waals surface area contributed by atoms with Crippen molar-refractivity contribution in [2.75, 3.05) is 50.6 Å². The van der Waals surface area contributed by atoms with E-state index in [2.05, 4.69) is 20.7 Å². The number of rotatable bonds is 7. The second-order valence-electron chi connectivity index (χ2n) is 7.81. The van der Waals surface area contributed by atoms with Crippen LogP contribution in [0.3, 0.4) is 0 Å². The summed E-state index contributed by atoms with van der Waals surface area (Å²) in [4.78, 5) is 8.16. The first-order chi connectivity index (χ1) is 16.8. The molecule has 35 heavy (non-hydrogen) atoms. The fraction of sp³-hybridized carbons (Fsp3) is 0.261. The van der Waals surface area contributed by atoms with E-state index in [1.165, 1.54) is 26.2 Å². The van der Waals surface area contributed by atoms with Crippen molar-refractivity contribution < 1.29 is 13.2 Å². The number of sulfonamides is 1. The van der Waals surface area contributed by atoms with E-state index in [4.69, 9.17) is 21.9 Å². The molecule has 1 aromatic heterocycles. The summed E-state index contributed by atoms with van der Waals surface area (Å²) in [6.07, 6.45) is 1.70. The fourth-order valence-corrected chi connectivity index (χ4v) is 5.48. The number of benzene rings is 2. The van der Waals surface area contributed by atoms with Gasteiger partial charge in [0.2, 0.25) is 10.0 Å². The minimum absolute atomic E-state index is 0.173. The van der Waals surface area contributed by atoms with Crippen molar-refractivity contribution >= 4 is 55.7 Å². The van der Waals surface area contributed by atoms with Crippen LogP contribution >= 0.6 is 23.6 Å². The van der Waals surface area contributed by atoms with E-state index in [-0.39, 0.29) is 10.0 Å². The Balaban J connectivity index is 1.48. The maximum Gasteiger partial charge on any atom is 0.242 e. The molecule has 2 heterocycles. The van der Waals surface area contributed by atoms with Gasteiger partial charge in [0.05, 0.1) is 34.9 Å². The molecule has 0 spiro atoms. The Bertz CT molecular complexity index is 1300. The molecule has 0 aliphatic carbocycles. The fourth-order valence-electron chi connectivity index (χ4n) is 3.35. The predicted octanol–water partition coefficient (Wildman–Crippen LogP) is 3.22. The van der Waals surface area contributed by atoms with Gasteiger partial charge in [-0.1, -0.05) is 47.7 Å². The number of ether oxygens (including phenoxy) is 1. The molecule has 1 saturated heterocycles. The van der Waals surface area contributed by atoms with Crippen molar-refractivity contribution in [3.63, 3.8) is 0 Å². The summed E-state index contributed by atoms with van der Waals surface area (Å²) < 4.78 is 31.4. The van der Waals surface area contributed by atoms with Crippen LogP contribution < -0.4 is 15.6 Å². The van der Waals surface area contributed by atoms with Crippen LogP contribution in [0.5, 0.6) is 0 Å². The number of nitrogens with zero attached hydrogens (tertiary/aromatic N) is 4. The maximum atomic E-state index is 12.4. The van der Waals surface area contributed by atoms with Crippen molar-refractivity contribution in [3.05, 3.63) is 59.5 Å². The highest BCUT2D eigenvalue weighted by Gasteiger charge is 2.19. The van der Waals surface area contributed by atoms with Crippen molar-refractivity contribution in [1.29, 1.82) is 0 Å². The lowest BCUT2D eigenvalue weighted by molar-refractivity contribution is 0.122. The molecule has 0 bridgehead atoms. The van der Waals surface area contributed by atoms with Crippen LogP contribution in [0.4, 0.5) is 10.8 Å². The van der Waals surface area contributed by atoms with Crippen LogP contribution in [0, 0.1) is 0 Å². The topological polar surface area (TPSA) is 99.2 Å². The van der Waals surface area contributed by atoms with Gasteiger partial charge < -0.3 is 15.0 Å². The number of aromatic nitrogens is 1. The van der Waals surface area contributed by atoms with Gasteiger partial charge in [0.25, 0.3) is 0 Å². The third kappa shape index (κ3) is 6.21. The number of hydrogen-bond donors (Lipinski definition) is 2. The molecule has 1 fully saturated rings. The zero-order valence-corrected chi connectivity index (χ0v) is 21.8. The summed E-state index contributed by atoms with van der Waals surface area (Å²) in [6, 6.07) is 16.4. The van der Waals surface area contributed by atoms with Crippen molar-refractivity contribution in [2.45, 2.75) is 4.90 Å². The highest BCUT2D eigenvalue weighted by atomic mass is 32.2. The molecule has 0 atom stereocenters. The Kier molecular flexibility index (Phi) is 8.08. The Morgan fingerprint density at radius 3 is 2.63 bits per heavy atom. The Labute approximate surface area is 214 Å². The van der Waals surface area contributed by atoms with Gasteiger partial charge in [-0.15, -0.1) is 0 Å². The van der Waals surface area contributed by atoms with Gasteiger partial charge in [-0.25, -0.2) is 17.7 Å². The molecule has 4 rings (SSSR count). The number of hydrazone groups is 1. The first kappa shape index (κ1) is 25.2. The van der Waals surface area contributed by atoms with Gasteiger partial charge in [0, 0.05) is 38.4 Å². The Morgan fingerprint density at radius 2 is 1.91 bits per heavy atom. The first-order valence-electron chi connectivity index (χ1n) is 10.9. The molecule has 1 aliphatic heterocycles. The molecule has 9 nitrogen and oxygen atoms in total. The maximum absolute atomic E-state index is 12.4. The lowest BCUT2D eigenvalue weighted by atomic mass is 10.1. The SMILES string of the molecule is CN(C)S(=O)(=O)c1cccc(NC(=S)N/N=C/c2sc(N3CCOCC3)nc2-c2ccccc2)c1. The van der Waals surface area contributed by atoms with Gasteiger partial charge in [0.1, 0.15) is 0 Å². The Hall–Kier alpha value is -2.90. The van der Waals surface area contributed by atoms with E-state index < -0.39 is 10.0 Å². The minimum atomic E-state index is -3.54. The predicted molar refractivity (Wildman–Crippen MR) is 145 cm³/mol. The molecule has 2 aromatic carbocycles. The summed E-state index contributed by atoms with van der Waals surface area (Å²) in [7, 11) is -0.564. The third-order valence-electron chi connectivity index (χ3n) is 5.19. The number of nitrogens with one attached hydrogen (secondary N) is 2. The van der Waals surface area contributed by atoms with Gasteiger partial charge in [-0.05, 0) is 30.4 Å². The van der Waals surface area contributed by atoms with Crippen molar-refractivity contribution in [1.82, 2.24) is 14.7 Å².